The maximum atomic E-state index is 12.8. The molecule has 0 radical (unpaired) electrons. The van der Waals surface area contributed by atoms with Gasteiger partial charge in [-0.2, -0.15) is 4.98 Å². The van der Waals surface area contributed by atoms with Crippen LogP contribution in [0.15, 0.2) is 83.7 Å². The van der Waals surface area contributed by atoms with Gasteiger partial charge in [0.1, 0.15) is 6.54 Å². The van der Waals surface area contributed by atoms with E-state index in [1.54, 1.807) is 0 Å². The van der Waals surface area contributed by atoms with E-state index in [1.165, 1.54) is 10.1 Å². The second-order valence-electron chi connectivity index (χ2n) is 7.89. The summed E-state index contributed by atoms with van der Waals surface area (Å²) in [6.45, 7) is 4.64. The van der Waals surface area contributed by atoms with Crippen LogP contribution in [0.2, 0.25) is 0 Å². The minimum atomic E-state index is -0.436. The molecule has 0 fully saturated rings. The molecule has 1 amide bonds. The van der Waals surface area contributed by atoms with Gasteiger partial charge in [-0.25, -0.2) is 4.79 Å². The van der Waals surface area contributed by atoms with Crippen LogP contribution in [0.3, 0.4) is 0 Å². The Hall–Kier alpha value is -3.73. The third-order valence-corrected chi connectivity index (χ3v) is 5.37. The second-order valence-corrected chi connectivity index (χ2v) is 7.89. The monoisotopic (exact) mass is 411 g/mol. The number of hydrogen-bond acceptors (Lipinski definition) is 3. The minimum absolute atomic E-state index is 0.0779. The number of hydrogen-bond donors (Lipinski definition) is 1. The molecule has 31 heavy (non-hydrogen) atoms. The van der Waals surface area contributed by atoms with Crippen LogP contribution >= 0.6 is 0 Å². The van der Waals surface area contributed by atoms with Crippen LogP contribution in [0.5, 0.6) is 0 Å². The van der Waals surface area contributed by atoms with Gasteiger partial charge in [0.2, 0.25) is 5.91 Å². The summed E-state index contributed by atoms with van der Waals surface area (Å²) in [6, 6.07) is 25.4. The number of nitrogens with zero attached hydrogens (tertiary/aromatic N) is 2. The number of rotatable bonds is 6. The van der Waals surface area contributed by atoms with Gasteiger partial charge in [0.05, 0.1) is 11.2 Å². The first-order chi connectivity index (χ1) is 15.0. The van der Waals surface area contributed by atoms with Crippen molar-refractivity contribution in [1.82, 2.24) is 14.9 Å². The van der Waals surface area contributed by atoms with E-state index in [0.29, 0.717) is 23.7 Å². The van der Waals surface area contributed by atoms with E-state index in [9.17, 15) is 9.59 Å². The Morgan fingerprint density at radius 3 is 2.32 bits per heavy atom. The van der Waals surface area contributed by atoms with Crippen molar-refractivity contribution in [1.29, 1.82) is 0 Å². The summed E-state index contributed by atoms with van der Waals surface area (Å²) in [6.07, 6.45) is 0. The van der Waals surface area contributed by atoms with Gasteiger partial charge in [-0.15, -0.1) is 0 Å². The van der Waals surface area contributed by atoms with E-state index in [1.807, 2.05) is 66.7 Å². The van der Waals surface area contributed by atoms with Crippen LogP contribution in [0.1, 0.15) is 30.9 Å². The highest BCUT2D eigenvalue weighted by Crippen LogP contribution is 2.25. The molecule has 0 aliphatic carbocycles. The zero-order valence-electron chi connectivity index (χ0n) is 17.7. The summed E-state index contributed by atoms with van der Waals surface area (Å²) in [5.41, 5.74) is 4.04. The van der Waals surface area contributed by atoms with E-state index >= 15 is 0 Å². The normalized spacial score (nSPS) is 11.1. The molecule has 0 atom stereocenters. The topological polar surface area (TPSA) is 64.0 Å². The first-order valence-corrected chi connectivity index (χ1v) is 10.4. The third kappa shape index (κ3) is 4.56. The molecule has 4 rings (SSSR count). The molecule has 0 unspecified atom stereocenters. The zero-order chi connectivity index (χ0) is 21.8. The van der Waals surface area contributed by atoms with Gasteiger partial charge in [0.25, 0.3) is 0 Å². The average Bonchev–Trinajstić information content (AvgIpc) is 2.80. The predicted molar refractivity (Wildman–Crippen MR) is 124 cm³/mol. The minimum Gasteiger partial charge on any atom is -0.350 e. The standard InChI is InChI=1S/C26H25N3O2/c1-18(2)20-14-12-19(13-15-20)16-27-24(30)17-29-23-11-7-6-10-22(23)25(28-26(29)31)21-8-4-3-5-9-21/h3-15,18H,16-17H2,1-2H3,(H,27,30). The first-order valence-electron chi connectivity index (χ1n) is 10.4. The van der Waals surface area contributed by atoms with Crippen molar-refractivity contribution in [2.24, 2.45) is 0 Å². The average molecular weight is 412 g/mol. The fourth-order valence-electron chi connectivity index (χ4n) is 3.62. The number of aromatic nitrogens is 2. The number of carbonyl (C=O) groups excluding carboxylic acids is 1. The van der Waals surface area contributed by atoms with Crippen molar-refractivity contribution < 1.29 is 4.79 Å². The zero-order valence-corrected chi connectivity index (χ0v) is 17.7. The lowest BCUT2D eigenvalue weighted by atomic mass is 10.0. The van der Waals surface area contributed by atoms with Crippen molar-refractivity contribution in [2.45, 2.75) is 32.9 Å². The fraction of sp³-hybridized carbons (Fsp3) is 0.192. The molecule has 1 aromatic heterocycles. The highest BCUT2D eigenvalue weighted by Gasteiger charge is 2.14. The molecule has 5 nitrogen and oxygen atoms in total. The number of fused-ring (bicyclic) bond motifs is 1. The predicted octanol–water partition coefficient (Wildman–Crippen LogP) is 4.50. The first kappa shape index (κ1) is 20.5. The van der Waals surface area contributed by atoms with Crippen LogP contribution in [0.25, 0.3) is 22.2 Å². The number of carbonyl (C=O) groups is 1. The second kappa shape index (κ2) is 8.96. The Labute approximate surface area is 181 Å². The Morgan fingerprint density at radius 2 is 1.61 bits per heavy atom. The SMILES string of the molecule is CC(C)c1ccc(CNC(=O)Cn2c(=O)nc(-c3ccccc3)c3ccccc32)cc1. The smallest absolute Gasteiger partial charge is 0.349 e. The third-order valence-electron chi connectivity index (χ3n) is 5.37. The lowest BCUT2D eigenvalue weighted by Gasteiger charge is -2.13. The summed E-state index contributed by atoms with van der Waals surface area (Å²) in [4.78, 5) is 29.7. The van der Waals surface area contributed by atoms with Crippen molar-refractivity contribution in [2.75, 3.05) is 0 Å². The van der Waals surface area contributed by atoms with Crippen molar-refractivity contribution in [3.05, 3.63) is 100 Å². The van der Waals surface area contributed by atoms with E-state index in [0.717, 1.165) is 16.5 Å². The highest BCUT2D eigenvalue weighted by molar-refractivity contribution is 5.93. The van der Waals surface area contributed by atoms with E-state index < -0.39 is 5.69 Å². The van der Waals surface area contributed by atoms with E-state index in [-0.39, 0.29) is 12.5 Å². The Bertz CT molecular complexity index is 1260. The lowest BCUT2D eigenvalue weighted by molar-refractivity contribution is -0.121. The van der Waals surface area contributed by atoms with Crippen LogP contribution in [0, 0.1) is 0 Å². The summed E-state index contributed by atoms with van der Waals surface area (Å²) in [5, 5.41) is 3.75. The molecule has 0 saturated carbocycles. The Morgan fingerprint density at radius 1 is 0.935 bits per heavy atom. The van der Waals surface area contributed by atoms with Crippen LogP contribution in [-0.4, -0.2) is 15.5 Å². The summed E-state index contributed by atoms with van der Waals surface area (Å²) >= 11 is 0. The highest BCUT2D eigenvalue weighted by atomic mass is 16.2. The molecule has 0 aliphatic heterocycles. The molecular formula is C26H25N3O2. The van der Waals surface area contributed by atoms with Gasteiger partial charge in [-0.3, -0.25) is 9.36 Å². The maximum Gasteiger partial charge on any atom is 0.349 e. The molecule has 0 aliphatic rings. The van der Waals surface area contributed by atoms with Gasteiger partial charge in [-0.05, 0) is 23.1 Å². The van der Waals surface area contributed by atoms with Crippen molar-refractivity contribution >= 4 is 16.8 Å². The molecule has 1 heterocycles. The molecule has 0 saturated heterocycles. The van der Waals surface area contributed by atoms with Crippen molar-refractivity contribution in [3.63, 3.8) is 0 Å². The van der Waals surface area contributed by atoms with Gasteiger partial charge in [0, 0.05) is 17.5 Å². The van der Waals surface area contributed by atoms with Gasteiger partial charge >= 0.3 is 5.69 Å². The molecule has 4 aromatic rings. The number of benzene rings is 3. The Balaban J connectivity index is 1.56. The molecule has 1 N–H and O–H groups in total. The molecular weight excluding hydrogens is 386 g/mol. The van der Waals surface area contributed by atoms with E-state index in [2.05, 4.69) is 36.3 Å². The molecule has 0 spiro atoms. The number of para-hydroxylation sites is 1. The molecule has 0 bridgehead atoms. The van der Waals surface area contributed by atoms with Crippen LogP contribution < -0.4 is 11.0 Å². The van der Waals surface area contributed by atoms with Crippen LogP contribution in [-0.2, 0) is 17.9 Å². The number of nitrogens with one attached hydrogen (secondary N) is 1. The molecule has 156 valence electrons. The fourth-order valence-corrected chi connectivity index (χ4v) is 3.62. The molecule has 5 heteroatoms. The maximum absolute atomic E-state index is 12.8. The number of amides is 1. The largest absolute Gasteiger partial charge is 0.350 e. The lowest BCUT2D eigenvalue weighted by Crippen LogP contribution is -2.33. The summed E-state index contributed by atoms with van der Waals surface area (Å²) in [5.74, 6) is 0.240. The van der Waals surface area contributed by atoms with Crippen molar-refractivity contribution in [3.8, 4) is 11.3 Å². The van der Waals surface area contributed by atoms with Gasteiger partial charge in [-0.1, -0.05) is 86.6 Å². The van der Waals surface area contributed by atoms with Gasteiger partial charge < -0.3 is 5.32 Å². The van der Waals surface area contributed by atoms with Crippen LogP contribution in [0.4, 0.5) is 0 Å². The van der Waals surface area contributed by atoms with E-state index in [4.69, 9.17) is 0 Å². The Kier molecular flexibility index (Phi) is 5.94. The summed E-state index contributed by atoms with van der Waals surface area (Å²) < 4.78 is 1.43. The summed E-state index contributed by atoms with van der Waals surface area (Å²) in [7, 11) is 0. The van der Waals surface area contributed by atoms with Gasteiger partial charge in [0.15, 0.2) is 0 Å². The molecule has 3 aromatic carbocycles. The quantitative estimate of drug-likeness (QED) is 0.508.